The molecule has 1 aromatic heterocycles. The average molecular weight is 291 g/mol. The zero-order chi connectivity index (χ0) is 14.6. The third-order valence-electron chi connectivity index (χ3n) is 2.83. The molecule has 1 fully saturated rings. The van der Waals surface area contributed by atoms with E-state index in [1.165, 1.54) is 0 Å². The lowest BCUT2D eigenvalue weighted by Gasteiger charge is -2.16. The maximum atomic E-state index is 12.1. The summed E-state index contributed by atoms with van der Waals surface area (Å²) >= 11 is 0. The Labute approximate surface area is 114 Å². The normalized spacial score (nSPS) is 15.5. The number of nitrogens with zero attached hydrogens (tertiary/aromatic N) is 4. The topological polar surface area (TPSA) is 63.2 Å². The molecule has 0 atom stereocenters. The third-order valence-corrected chi connectivity index (χ3v) is 2.83. The van der Waals surface area contributed by atoms with E-state index in [1.807, 2.05) is 4.90 Å². The van der Waals surface area contributed by atoms with E-state index >= 15 is 0 Å². The largest absolute Gasteiger partial charge is 0.463 e. The molecule has 1 aliphatic rings. The van der Waals surface area contributed by atoms with Crippen LogP contribution in [0.1, 0.15) is 19.3 Å². The van der Waals surface area contributed by atoms with Crippen molar-refractivity contribution in [3.05, 3.63) is 0 Å². The first-order valence-corrected chi connectivity index (χ1v) is 6.36. The van der Waals surface area contributed by atoms with Crippen molar-refractivity contribution in [3.8, 4) is 6.01 Å². The number of ether oxygens (including phenoxy) is 1. The van der Waals surface area contributed by atoms with Crippen LogP contribution in [0.25, 0.3) is 0 Å². The first-order valence-electron chi connectivity index (χ1n) is 6.36. The highest BCUT2D eigenvalue weighted by Crippen LogP contribution is 2.21. The van der Waals surface area contributed by atoms with Gasteiger partial charge in [0.05, 0.1) is 6.42 Å². The summed E-state index contributed by atoms with van der Waals surface area (Å²) in [7, 11) is 1.63. The smallest absolute Gasteiger partial charge is 0.392 e. The molecule has 6 nitrogen and oxygen atoms in total. The van der Waals surface area contributed by atoms with Gasteiger partial charge in [0, 0.05) is 20.1 Å². The standard InChI is InChI=1S/C11H16F3N5O/c1-15-8-16-9(19-5-2-3-6-19)18-10(17-8)20-7-4-11(12,13)14/h2-7H2,1H3,(H,15,16,17,18). The van der Waals surface area contributed by atoms with E-state index < -0.39 is 19.2 Å². The van der Waals surface area contributed by atoms with Gasteiger partial charge in [-0.3, -0.25) is 0 Å². The van der Waals surface area contributed by atoms with Crippen molar-refractivity contribution in [3.63, 3.8) is 0 Å². The first kappa shape index (κ1) is 14.6. The van der Waals surface area contributed by atoms with Crippen molar-refractivity contribution >= 4 is 11.9 Å². The van der Waals surface area contributed by atoms with E-state index in [4.69, 9.17) is 4.74 Å². The van der Waals surface area contributed by atoms with Gasteiger partial charge in [0.1, 0.15) is 6.61 Å². The van der Waals surface area contributed by atoms with Crippen LogP contribution in [0.2, 0.25) is 0 Å². The van der Waals surface area contributed by atoms with Gasteiger partial charge in [-0.15, -0.1) is 0 Å². The van der Waals surface area contributed by atoms with Gasteiger partial charge in [0.15, 0.2) is 0 Å². The lowest BCUT2D eigenvalue weighted by molar-refractivity contribution is -0.139. The summed E-state index contributed by atoms with van der Waals surface area (Å²) in [4.78, 5) is 14.1. The second kappa shape index (κ2) is 6.10. The number of hydrogen-bond acceptors (Lipinski definition) is 6. The Morgan fingerprint density at radius 2 is 1.90 bits per heavy atom. The van der Waals surface area contributed by atoms with Crippen LogP contribution in [-0.2, 0) is 0 Å². The molecule has 9 heteroatoms. The van der Waals surface area contributed by atoms with Crippen LogP contribution < -0.4 is 15.0 Å². The number of hydrogen-bond donors (Lipinski definition) is 1. The lowest BCUT2D eigenvalue weighted by atomic mass is 10.4. The van der Waals surface area contributed by atoms with Gasteiger partial charge < -0.3 is 15.0 Å². The van der Waals surface area contributed by atoms with Crippen molar-refractivity contribution < 1.29 is 17.9 Å². The highest BCUT2D eigenvalue weighted by molar-refractivity contribution is 5.38. The zero-order valence-electron chi connectivity index (χ0n) is 11.1. The number of alkyl halides is 3. The summed E-state index contributed by atoms with van der Waals surface area (Å²) in [6.45, 7) is 1.15. The van der Waals surface area contributed by atoms with E-state index in [2.05, 4.69) is 20.3 Å². The molecule has 0 saturated carbocycles. The summed E-state index contributed by atoms with van der Waals surface area (Å²) in [6, 6.07) is -0.0875. The summed E-state index contributed by atoms with van der Waals surface area (Å²) in [5, 5.41) is 2.75. The molecule has 0 spiro atoms. The summed E-state index contributed by atoms with van der Waals surface area (Å²) in [5.41, 5.74) is 0. The van der Waals surface area contributed by atoms with Gasteiger partial charge >= 0.3 is 12.2 Å². The minimum absolute atomic E-state index is 0.0875. The lowest BCUT2D eigenvalue weighted by Crippen LogP contribution is -2.22. The van der Waals surface area contributed by atoms with Crippen molar-refractivity contribution in [2.45, 2.75) is 25.4 Å². The molecule has 0 bridgehead atoms. The maximum Gasteiger partial charge on any atom is 0.392 e. The van der Waals surface area contributed by atoms with Crippen LogP contribution in [0.4, 0.5) is 25.1 Å². The Balaban J connectivity index is 2.05. The third kappa shape index (κ3) is 4.10. The van der Waals surface area contributed by atoms with E-state index in [9.17, 15) is 13.2 Å². The molecule has 0 radical (unpaired) electrons. The van der Waals surface area contributed by atoms with Gasteiger partial charge in [-0.25, -0.2) is 0 Å². The molecule has 112 valence electrons. The SMILES string of the molecule is CNc1nc(OCCC(F)(F)F)nc(N2CCCC2)n1. The van der Waals surface area contributed by atoms with Crippen molar-refractivity contribution in [1.82, 2.24) is 15.0 Å². The molecule has 2 heterocycles. The second-order valence-corrected chi connectivity index (χ2v) is 4.40. The van der Waals surface area contributed by atoms with Crippen LogP contribution in [0.5, 0.6) is 6.01 Å². The van der Waals surface area contributed by atoms with Gasteiger partial charge in [-0.2, -0.15) is 28.1 Å². The van der Waals surface area contributed by atoms with E-state index in [1.54, 1.807) is 7.05 Å². The Bertz CT molecular complexity index is 448. The molecule has 20 heavy (non-hydrogen) atoms. The highest BCUT2D eigenvalue weighted by atomic mass is 19.4. The molecule has 0 aliphatic carbocycles. The van der Waals surface area contributed by atoms with Gasteiger partial charge in [-0.05, 0) is 12.8 Å². The maximum absolute atomic E-state index is 12.1. The van der Waals surface area contributed by atoms with Crippen LogP contribution in [-0.4, -0.2) is 47.9 Å². The van der Waals surface area contributed by atoms with Crippen LogP contribution >= 0.6 is 0 Å². The molecule has 1 aliphatic heterocycles. The fourth-order valence-electron chi connectivity index (χ4n) is 1.84. The molecular formula is C11H16F3N5O. The van der Waals surface area contributed by atoms with Crippen molar-refractivity contribution in [1.29, 1.82) is 0 Å². The number of anilines is 2. The Hall–Kier alpha value is -1.80. The highest BCUT2D eigenvalue weighted by Gasteiger charge is 2.27. The summed E-state index contributed by atoms with van der Waals surface area (Å²) in [6.07, 6.45) is -3.20. The van der Waals surface area contributed by atoms with E-state index in [0.29, 0.717) is 5.95 Å². The fraction of sp³-hybridized carbons (Fsp3) is 0.727. The van der Waals surface area contributed by atoms with E-state index in [-0.39, 0.29) is 12.0 Å². The molecule has 1 aromatic rings. The predicted molar refractivity (Wildman–Crippen MR) is 67.0 cm³/mol. The number of aromatic nitrogens is 3. The van der Waals surface area contributed by atoms with E-state index in [0.717, 1.165) is 25.9 Å². The Kier molecular flexibility index (Phi) is 4.46. The quantitative estimate of drug-likeness (QED) is 0.893. The van der Waals surface area contributed by atoms with Gasteiger partial charge in [-0.1, -0.05) is 0 Å². The first-order chi connectivity index (χ1) is 9.48. The van der Waals surface area contributed by atoms with Crippen molar-refractivity contribution in [2.24, 2.45) is 0 Å². The summed E-state index contributed by atoms with van der Waals surface area (Å²) < 4.78 is 41.2. The Morgan fingerprint density at radius 3 is 2.50 bits per heavy atom. The van der Waals surface area contributed by atoms with Gasteiger partial charge in [0.25, 0.3) is 0 Å². The number of halogens is 3. The molecular weight excluding hydrogens is 275 g/mol. The molecule has 1 N–H and O–H groups in total. The minimum atomic E-state index is -4.25. The fourth-order valence-corrected chi connectivity index (χ4v) is 1.84. The second-order valence-electron chi connectivity index (χ2n) is 4.40. The minimum Gasteiger partial charge on any atom is -0.463 e. The molecule has 1 saturated heterocycles. The van der Waals surface area contributed by atoms with Crippen molar-refractivity contribution in [2.75, 3.05) is 37.0 Å². The van der Waals surface area contributed by atoms with Crippen LogP contribution in [0.15, 0.2) is 0 Å². The monoisotopic (exact) mass is 291 g/mol. The molecule has 0 unspecified atom stereocenters. The van der Waals surface area contributed by atoms with Gasteiger partial charge in [0.2, 0.25) is 11.9 Å². The molecule has 0 amide bonds. The predicted octanol–water partition coefficient (Wildman–Crippen LogP) is 1.84. The number of rotatable bonds is 5. The molecule has 2 rings (SSSR count). The van der Waals surface area contributed by atoms with Crippen LogP contribution in [0.3, 0.4) is 0 Å². The molecule has 0 aromatic carbocycles. The summed E-state index contributed by atoms with van der Waals surface area (Å²) in [5.74, 6) is 0.716. The Morgan fingerprint density at radius 1 is 1.20 bits per heavy atom. The zero-order valence-corrected chi connectivity index (χ0v) is 11.1. The average Bonchev–Trinajstić information content (AvgIpc) is 2.90. The van der Waals surface area contributed by atoms with Crippen LogP contribution in [0, 0.1) is 0 Å². The number of nitrogens with one attached hydrogen (secondary N) is 1.